The van der Waals surface area contributed by atoms with E-state index in [4.69, 9.17) is 16.0 Å². The van der Waals surface area contributed by atoms with Crippen molar-refractivity contribution in [2.24, 2.45) is 0 Å². The van der Waals surface area contributed by atoms with Crippen molar-refractivity contribution in [1.82, 2.24) is 0 Å². The fourth-order valence-corrected chi connectivity index (χ4v) is 2.45. The maximum Gasteiger partial charge on any atom is 0.0949 e. The van der Waals surface area contributed by atoms with Gasteiger partial charge in [0, 0.05) is 5.56 Å². The molecule has 3 aromatic rings. The minimum absolute atomic E-state index is 0.0371. The molecule has 0 aliphatic carbocycles. The van der Waals surface area contributed by atoms with Gasteiger partial charge in [-0.15, -0.1) is 11.6 Å². The van der Waals surface area contributed by atoms with Gasteiger partial charge >= 0.3 is 0 Å². The Hall–Kier alpha value is -1.73. The quantitative estimate of drug-likeness (QED) is 0.604. The molecule has 0 aliphatic heterocycles. The summed E-state index contributed by atoms with van der Waals surface area (Å²) in [5.74, 6) is 0. The summed E-state index contributed by atoms with van der Waals surface area (Å²) in [5, 5.41) is 2.48. The van der Waals surface area contributed by atoms with Crippen LogP contribution >= 0.6 is 11.6 Å². The van der Waals surface area contributed by atoms with Gasteiger partial charge in [-0.2, -0.15) is 0 Å². The number of halogens is 1. The summed E-state index contributed by atoms with van der Waals surface area (Å²) >= 11 is 6.37. The Balaban J connectivity index is 1.86. The molecule has 1 atom stereocenters. The molecule has 0 amide bonds. The molecule has 1 heterocycles. The molecule has 0 spiro atoms. The lowest BCUT2D eigenvalue weighted by atomic mass is 10.0. The largest absolute Gasteiger partial charge is 0.472 e. The van der Waals surface area contributed by atoms with E-state index in [0.29, 0.717) is 0 Å². The van der Waals surface area contributed by atoms with Crippen LogP contribution in [0.5, 0.6) is 0 Å². The van der Waals surface area contributed by atoms with Crippen molar-refractivity contribution in [1.29, 1.82) is 0 Å². The van der Waals surface area contributed by atoms with Gasteiger partial charge in [0.1, 0.15) is 0 Å². The van der Waals surface area contributed by atoms with Gasteiger partial charge in [-0.25, -0.2) is 0 Å². The van der Waals surface area contributed by atoms with E-state index in [1.165, 1.54) is 16.3 Å². The van der Waals surface area contributed by atoms with E-state index in [0.717, 1.165) is 12.0 Å². The lowest BCUT2D eigenvalue weighted by molar-refractivity contribution is 0.563. The molecular formula is C16H13ClO. The van der Waals surface area contributed by atoms with Crippen molar-refractivity contribution < 1.29 is 4.42 Å². The first-order valence-electron chi connectivity index (χ1n) is 5.97. The first-order chi connectivity index (χ1) is 8.83. The number of hydrogen-bond acceptors (Lipinski definition) is 1. The molecule has 0 aliphatic rings. The fraction of sp³-hybridized carbons (Fsp3) is 0.125. The van der Waals surface area contributed by atoms with Crippen LogP contribution in [0.4, 0.5) is 0 Å². The predicted molar refractivity (Wildman–Crippen MR) is 75.0 cm³/mol. The van der Waals surface area contributed by atoms with Gasteiger partial charge in [0.15, 0.2) is 0 Å². The van der Waals surface area contributed by atoms with E-state index in [1.54, 1.807) is 12.5 Å². The zero-order valence-electron chi connectivity index (χ0n) is 9.84. The second-order valence-electron chi connectivity index (χ2n) is 4.41. The molecule has 1 nitrogen and oxygen atoms in total. The molecule has 1 aromatic heterocycles. The van der Waals surface area contributed by atoms with Crippen LogP contribution in [0.1, 0.15) is 16.5 Å². The fourth-order valence-electron chi connectivity index (χ4n) is 2.14. The van der Waals surface area contributed by atoms with Crippen LogP contribution in [0, 0.1) is 0 Å². The average molecular weight is 257 g/mol. The highest BCUT2D eigenvalue weighted by molar-refractivity contribution is 6.20. The van der Waals surface area contributed by atoms with Gasteiger partial charge in [0.2, 0.25) is 0 Å². The lowest BCUT2D eigenvalue weighted by Gasteiger charge is -2.08. The number of alkyl halides is 1. The first kappa shape index (κ1) is 11.4. The molecular weight excluding hydrogens is 244 g/mol. The van der Waals surface area contributed by atoms with Crippen LogP contribution in [0.3, 0.4) is 0 Å². The third-order valence-corrected chi connectivity index (χ3v) is 3.54. The number of hydrogen-bond donors (Lipinski definition) is 0. The van der Waals surface area contributed by atoms with Crippen LogP contribution in [-0.4, -0.2) is 0 Å². The summed E-state index contributed by atoms with van der Waals surface area (Å²) < 4.78 is 5.06. The molecule has 0 N–H and O–H groups in total. The molecule has 2 heteroatoms. The summed E-state index contributed by atoms with van der Waals surface area (Å²) in [4.78, 5) is 0. The van der Waals surface area contributed by atoms with Crippen molar-refractivity contribution in [2.45, 2.75) is 11.8 Å². The van der Waals surface area contributed by atoms with Gasteiger partial charge < -0.3 is 4.42 Å². The lowest BCUT2D eigenvalue weighted by Crippen LogP contribution is -1.94. The second-order valence-corrected chi connectivity index (χ2v) is 4.94. The maximum atomic E-state index is 6.37. The molecule has 18 heavy (non-hydrogen) atoms. The van der Waals surface area contributed by atoms with Crippen molar-refractivity contribution in [2.75, 3.05) is 0 Å². The predicted octanol–water partition coefficient (Wildman–Crippen LogP) is 4.96. The molecule has 0 saturated carbocycles. The van der Waals surface area contributed by atoms with Crippen molar-refractivity contribution in [3.63, 3.8) is 0 Å². The Morgan fingerprint density at radius 3 is 2.61 bits per heavy atom. The van der Waals surface area contributed by atoms with Gasteiger partial charge in [-0.3, -0.25) is 0 Å². The summed E-state index contributed by atoms with van der Waals surface area (Å²) in [6.07, 6.45) is 4.18. The van der Waals surface area contributed by atoms with E-state index >= 15 is 0 Å². The summed E-state index contributed by atoms with van der Waals surface area (Å²) in [5.41, 5.74) is 2.28. The zero-order valence-corrected chi connectivity index (χ0v) is 10.6. The number of fused-ring (bicyclic) bond motifs is 1. The van der Waals surface area contributed by atoms with Crippen molar-refractivity contribution in [3.05, 3.63) is 72.2 Å². The Labute approximate surface area is 111 Å². The molecule has 0 bridgehead atoms. The SMILES string of the molecule is ClC(Cc1ccc2ccccc2c1)c1ccoc1. The summed E-state index contributed by atoms with van der Waals surface area (Å²) in [7, 11) is 0. The first-order valence-corrected chi connectivity index (χ1v) is 6.40. The number of rotatable bonds is 3. The third kappa shape index (κ3) is 2.27. The zero-order chi connectivity index (χ0) is 12.4. The van der Waals surface area contributed by atoms with Crippen LogP contribution in [0.15, 0.2) is 65.5 Å². The second kappa shape index (κ2) is 4.87. The maximum absolute atomic E-state index is 6.37. The highest BCUT2D eigenvalue weighted by atomic mass is 35.5. The van der Waals surface area contributed by atoms with Crippen LogP contribution in [0.2, 0.25) is 0 Å². The molecule has 90 valence electrons. The van der Waals surface area contributed by atoms with Crippen molar-refractivity contribution >= 4 is 22.4 Å². The number of furan rings is 1. The highest BCUT2D eigenvalue weighted by Crippen LogP contribution is 2.26. The Kier molecular flexibility index (Phi) is 3.07. The average Bonchev–Trinajstić information content (AvgIpc) is 2.92. The monoisotopic (exact) mass is 256 g/mol. The molecule has 3 rings (SSSR count). The van der Waals surface area contributed by atoms with E-state index in [-0.39, 0.29) is 5.38 Å². The number of benzene rings is 2. The summed E-state index contributed by atoms with van der Waals surface area (Å²) in [6.45, 7) is 0. The smallest absolute Gasteiger partial charge is 0.0949 e. The normalized spacial score (nSPS) is 12.7. The summed E-state index contributed by atoms with van der Waals surface area (Å²) in [6, 6.07) is 16.7. The highest BCUT2D eigenvalue weighted by Gasteiger charge is 2.10. The van der Waals surface area contributed by atoms with E-state index in [1.807, 2.05) is 6.07 Å². The molecule has 1 unspecified atom stereocenters. The minimum Gasteiger partial charge on any atom is -0.472 e. The van der Waals surface area contributed by atoms with E-state index in [9.17, 15) is 0 Å². The van der Waals surface area contributed by atoms with E-state index in [2.05, 4.69) is 42.5 Å². The minimum atomic E-state index is -0.0371. The van der Waals surface area contributed by atoms with Gasteiger partial charge in [0.25, 0.3) is 0 Å². The molecule has 0 radical (unpaired) electrons. The van der Waals surface area contributed by atoms with Gasteiger partial charge in [-0.05, 0) is 28.8 Å². The third-order valence-electron chi connectivity index (χ3n) is 3.13. The standard InChI is InChI=1S/C16H13ClO/c17-16(15-7-8-18-11-15)10-12-5-6-13-3-1-2-4-14(13)9-12/h1-9,11,16H,10H2. The van der Waals surface area contributed by atoms with Crippen LogP contribution in [0.25, 0.3) is 10.8 Å². The Morgan fingerprint density at radius 2 is 1.83 bits per heavy atom. The van der Waals surface area contributed by atoms with Crippen LogP contribution in [-0.2, 0) is 6.42 Å². The molecule has 0 saturated heterocycles. The van der Waals surface area contributed by atoms with Crippen LogP contribution < -0.4 is 0 Å². The molecule has 2 aromatic carbocycles. The van der Waals surface area contributed by atoms with Gasteiger partial charge in [0.05, 0.1) is 17.9 Å². The van der Waals surface area contributed by atoms with E-state index < -0.39 is 0 Å². The Morgan fingerprint density at radius 1 is 1.00 bits per heavy atom. The Bertz CT molecular complexity index is 643. The van der Waals surface area contributed by atoms with Crippen molar-refractivity contribution in [3.8, 4) is 0 Å². The molecule has 0 fully saturated rings. The van der Waals surface area contributed by atoms with Gasteiger partial charge in [-0.1, -0.05) is 42.5 Å². The topological polar surface area (TPSA) is 13.1 Å².